The second kappa shape index (κ2) is 12.9. The third kappa shape index (κ3) is 9.96. The van der Waals surface area contributed by atoms with Gasteiger partial charge in [-0.3, -0.25) is 4.57 Å². The molecule has 0 fully saturated rings. The molecule has 0 aliphatic rings. The van der Waals surface area contributed by atoms with Crippen LogP contribution in [-0.4, -0.2) is 17.2 Å². The zero-order chi connectivity index (χ0) is 15.3. The van der Waals surface area contributed by atoms with Crippen molar-refractivity contribution in [3.05, 3.63) is 0 Å². The van der Waals surface area contributed by atoms with E-state index in [2.05, 4.69) is 6.92 Å². The first-order chi connectivity index (χ1) is 9.58. The van der Waals surface area contributed by atoms with Crippen LogP contribution in [0.25, 0.3) is 0 Å². The highest BCUT2D eigenvalue weighted by Crippen LogP contribution is 2.50. The summed E-state index contributed by atoms with van der Waals surface area (Å²) >= 11 is 0. The van der Waals surface area contributed by atoms with Gasteiger partial charge in [-0.25, -0.2) is 0 Å². The summed E-state index contributed by atoms with van der Waals surface area (Å²) in [6.45, 7) is 6.67. The van der Waals surface area contributed by atoms with Gasteiger partial charge in [-0.1, -0.05) is 72.1 Å². The second-order valence-corrected chi connectivity index (χ2v) is 7.84. The molecular weight excluding hydrogens is 271 g/mol. The van der Waals surface area contributed by atoms with E-state index in [0.29, 0.717) is 6.61 Å². The molecule has 122 valence electrons. The van der Waals surface area contributed by atoms with Crippen molar-refractivity contribution in [1.29, 1.82) is 0 Å². The average molecular weight is 306 g/mol. The van der Waals surface area contributed by atoms with Gasteiger partial charge in [0.2, 0.25) is 0 Å². The average Bonchev–Trinajstić information content (AvgIpc) is 2.42. The lowest BCUT2D eigenvalue weighted by Gasteiger charge is -2.20. The van der Waals surface area contributed by atoms with Crippen LogP contribution >= 0.6 is 7.60 Å². The van der Waals surface area contributed by atoms with Gasteiger partial charge in [-0.15, -0.1) is 0 Å². The predicted octanol–water partition coefficient (Wildman–Crippen LogP) is 5.91. The molecule has 0 saturated carbocycles. The Kier molecular flexibility index (Phi) is 13.0. The SMILES string of the molecule is CCCCCCCCCCOP(=O)(O)C(CC)CCC. The lowest BCUT2D eigenvalue weighted by Crippen LogP contribution is -2.10. The molecular formula is C16H35O3P. The van der Waals surface area contributed by atoms with Crippen LogP contribution in [0.15, 0.2) is 0 Å². The van der Waals surface area contributed by atoms with Crippen LogP contribution in [0.2, 0.25) is 0 Å². The van der Waals surface area contributed by atoms with Crippen LogP contribution in [-0.2, 0) is 9.09 Å². The quantitative estimate of drug-likeness (QED) is 0.320. The first-order valence-electron chi connectivity index (χ1n) is 8.55. The molecule has 0 rings (SSSR count). The fraction of sp³-hybridized carbons (Fsp3) is 1.00. The highest BCUT2D eigenvalue weighted by Gasteiger charge is 2.29. The zero-order valence-corrected chi connectivity index (χ0v) is 14.7. The third-order valence-electron chi connectivity index (χ3n) is 3.83. The van der Waals surface area contributed by atoms with Crippen LogP contribution in [0, 0.1) is 0 Å². The summed E-state index contributed by atoms with van der Waals surface area (Å²) in [5.41, 5.74) is -0.179. The molecule has 3 nitrogen and oxygen atoms in total. The van der Waals surface area contributed by atoms with Crippen molar-refractivity contribution in [2.75, 3.05) is 6.61 Å². The van der Waals surface area contributed by atoms with Crippen LogP contribution < -0.4 is 0 Å². The van der Waals surface area contributed by atoms with Crippen LogP contribution in [0.5, 0.6) is 0 Å². The molecule has 0 bridgehead atoms. The van der Waals surface area contributed by atoms with Crippen molar-refractivity contribution in [3.8, 4) is 0 Å². The molecule has 0 aromatic carbocycles. The summed E-state index contributed by atoms with van der Waals surface area (Å²) in [6, 6.07) is 0. The fourth-order valence-corrected chi connectivity index (χ4v) is 4.12. The largest absolute Gasteiger partial charge is 0.331 e. The van der Waals surface area contributed by atoms with Gasteiger partial charge in [0, 0.05) is 0 Å². The topological polar surface area (TPSA) is 46.5 Å². The molecule has 0 aromatic heterocycles. The van der Waals surface area contributed by atoms with Crippen molar-refractivity contribution in [2.24, 2.45) is 0 Å². The van der Waals surface area contributed by atoms with Gasteiger partial charge < -0.3 is 9.42 Å². The van der Waals surface area contributed by atoms with E-state index in [1.807, 2.05) is 13.8 Å². The first kappa shape index (κ1) is 20.1. The number of hydrogen-bond acceptors (Lipinski definition) is 2. The van der Waals surface area contributed by atoms with E-state index in [9.17, 15) is 9.46 Å². The molecule has 2 unspecified atom stereocenters. The van der Waals surface area contributed by atoms with Crippen molar-refractivity contribution in [3.63, 3.8) is 0 Å². The number of hydrogen-bond donors (Lipinski definition) is 1. The molecule has 0 aromatic rings. The fourth-order valence-electron chi connectivity index (χ4n) is 2.47. The number of unbranched alkanes of at least 4 members (excludes halogenated alkanes) is 7. The zero-order valence-electron chi connectivity index (χ0n) is 13.8. The lowest BCUT2D eigenvalue weighted by molar-refractivity contribution is 0.242. The maximum Gasteiger partial charge on any atom is 0.331 e. The summed E-state index contributed by atoms with van der Waals surface area (Å²) in [5.74, 6) is 0. The van der Waals surface area contributed by atoms with E-state index in [1.165, 1.54) is 38.5 Å². The Bertz CT molecular complexity index is 256. The molecule has 0 spiro atoms. The maximum absolute atomic E-state index is 12.1. The van der Waals surface area contributed by atoms with E-state index in [-0.39, 0.29) is 5.66 Å². The highest BCUT2D eigenvalue weighted by atomic mass is 31.2. The molecule has 0 amide bonds. The molecule has 0 saturated heterocycles. The van der Waals surface area contributed by atoms with Gasteiger partial charge in [0.25, 0.3) is 0 Å². The molecule has 2 atom stereocenters. The van der Waals surface area contributed by atoms with E-state index in [1.54, 1.807) is 0 Å². The highest BCUT2D eigenvalue weighted by molar-refractivity contribution is 7.53. The molecule has 0 aliphatic heterocycles. The summed E-state index contributed by atoms with van der Waals surface area (Å²) in [5, 5.41) is 0. The van der Waals surface area contributed by atoms with Gasteiger partial charge in [0.1, 0.15) is 0 Å². The Balaban J connectivity index is 3.59. The first-order valence-corrected chi connectivity index (χ1v) is 10.2. The summed E-state index contributed by atoms with van der Waals surface area (Å²) in [4.78, 5) is 9.94. The van der Waals surface area contributed by atoms with Crippen molar-refractivity contribution in [1.82, 2.24) is 0 Å². The summed E-state index contributed by atoms with van der Waals surface area (Å²) < 4.78 is 17.4. The molecule has 0 radical (unpaired) electrons. The van der Waals surface area contributed by atoms with Crippen LogP contribution in [0.1, 0.15) is 91.4 Å². The summed E-state index contributed by atoms with van der Waals surface area (Å²) in [6.07, 6.45) is 12.2. The summed E-state index contributed by atoms with van der Waals surface area (Å²) in [7, 11) is -3.39. The molecule has 20 heavy (non-hydrogen) atoms. The van der Waals surface area contributed by atoms with Crippen LogP contribution in [0.3, 0.4) is 0 Å². The smallest absolute Gasteiger partial charge is 0.324 e. The second-order valence-electron chi connectivity index (χ2n) is 5.72. The Labute approximate surface area is 126 Å². The van der Waals surface area contributed by atoms with Gasteiger partial charge in [-0.05, 0) is 19.3 Å². The minimum atomic E-state index is -3.39. The predicted molar refractivity (Wildman–Crippen MR) is 87.4 cm³/mol. The molecule has 1 N–H and O–H groups in total. The minimum Gasteiger partial charge on any atom is -0.324 e. The normalized spacial score (nSPS) is 16.0. The van der Waals surface area contributed by atoms with Crippen molar-refractivity contribution >= 4 is 7.60 Å². The van der Waals surface area contributed by atoms with Gasteiger partial charge >= 0.3 is 7.60 Å². The maximum atomic E-state index is 12.1. The van der Waals surface area contributed by atoms with Gasteiger partial charge in [-0.2, -0.15) is 0 Å². The Morgan fingerprint density at radius 1 is 0.900 bits per heavy atom. The Hall–Kier alpha value is 0.150. The Morgan fingerprint density at radius 2 is 1.45 bits per heavy atom. The van der Waals surface area contributed by atoms with Crippen molar-refractivity contribution in [2.45, 2.75) is 97.1 Å². The molecule has 4 heteroatoms. The lowest BCUT2D eigenvalue weighted by atomic mass is 10.1. The Morgan fingerprint density at radius 3 is 1.95 bits per heavy atom. The molecule has 0 heterocycles. The van der Waals surface area contributed by atoms with E-state index < -0.39 is 7.60 Å². The van der Waals surface area contributed by atoms with Gasteiger partial charge in [0.15, 0.2) is 0 Å². The van der Waals surface area contributed by atoms with E-state index in [4.69, 9.17) is 4.52 Å². The minimum absolute atomic E-state index is 0.179. The van der Waals surface area contributed by atoms with Crippen molar-refractivity contribution < 1.29 is 14.0 Å². The van der Waals surface area contributed by atoms with E-state index in [0.717, 1.165) is 32.1 Å². The van der Waals surface area contributed by atoms with Crippen LogP contribution in [0.4, 0.5) is 0 Å². The van der Waals surface area contributed by atoms with Gasteiger partial charge in [0.05, 0.1) is 12.3 Å². The van der Waals surface area contributed by atoms with E-state index >= 15 is 0 Å². The number of rotatable bonds is 14. The third-order valence-corrected chi connectivity index (χ3v) is 5.93. The monoisotopic (exact) mass is 306 g/mol. The standard InChI is InChI=1S/C16H35O3P/c1-4-7-8-9-10-11-12-13-15-19-20(17,18)16(6-3)14-5-2/h16H,4-15H2,1-3H3,(H,17,18). The molecule has 0 aliphatic carbocycles.